The highest BCUT2D eigenvalue weighted by molar-refractivity contribution is 7.17. The molecule has 0 radical (unpaired) electrons. The maximum Gasteiger partial charge on any atom is 0.268 e. The van der Waals surface area contributed by atoms with E-state index in [4.69, 9.17) is 16.3 Å². The fraction of sp³-hybridized carbons (Fsp3) is 0.333. The average Bonchev–Trinajstić information content (AvgIpc) is 3.23. The zero-order valence-electron chi connectivity index (χ0n) is 20.1. The number of aliphatic hydroxyl groups excluding tert-OH is 1. The number of para-hydroxylation sites is 1. The molecule has 7 nitrogen and oxygen atoms in total. The third-order valence-corrected chi connectivity index (χ3v) is 8.13. The highest BCUT2D eigenvalue weighted by Gasteiger charge is 2.27. The van der Waals surface area contributed by atoms with Gasteiger partial charge in [0.05, 0.1) is 28.8 Å². The molecule has 5 rings (SSSR count). The van der Waals surface area contributed by atoms with E-state index in [-0.39, 0.29) is 25.0 Å². The van der Waals surface area contributed by atoms with Crippen LogP contribution >= 0.6 is 22.9 Å². The second kappa shape index (κ2) is 10.6. The minimum atomic E-state index is -0.236. The van der Waals surface area contributed by atoms with Crippen molar-refractivity contribution in [3.63, 3.8) is 0 Å². The van der Waals surface area contributed by atoms with Gasteiger partial charge in [-0.1, -0.05) is 23.7 Å². The SMILES string of the molecule is CN1CCN(C(=O)c2ccc(N(CCO)C(=O)c3cc4c(s3)-c3ccccc3OCC4)c(Cl)c2)CC1. The number of ether oxygens (including phenoxy) is 1. The van der Waals surface area contributed by atoms with Crippen LogP contribution in [0.1, 0.15) is 25.6 Å². The van der Waals surface area contributed by atoms with Gasteiger partial charge in [0, 0.05) is 55.1 Å². The number of amides is 2. The third kappa shape index (κ3) is 4.86. The van der Waals surface area contributed by atoms with Crippen LogP contribution in [0.5, 0.6) is 5.75 Å². The lowest BCUT2D eigenvalue weighted by Crippen LogP contribution is -2.47. The number of carbonyl (C=O) groups excluding carboxylic acids is 2. The molecule has 0 bridgehead atoms. The summed E-state index contributed by atoms with van der Waals surface area (Å²) in [5.74, 6) is 0.507. The standard InChI is InChI=1S/C27H28ClN3O4S/c1-29-9-11-30(12-10-29)26(33)19-6-7-22(21(28)16-19)31(13-14-32)27(34)24-17-18-8-15-35-23-5-3-2-4-20(23)25(18)36-24/h2-7,16-17,32H,8-15H2,1H3. The van der Waals surface area contributed by atoms with E-state index < -0.39 is 0 Å². The summed E-state index contributed by atoms with van der Waals surface area (Å²) in [6, 6.07) is 14.8. The number of nitrogens with zero attached hydrogens (tertiary/aromatic N) is 3. The van der Waals surface area contributed by atoms with E-state index in [0.717, 1.165) is 34.8 Å². The summed E-state index contributed by atoms with van der Waals surface area (Å²) in [5.41, 5.74) is 3.01. The number of piperazine rings is 1. The minimum absolute atomic E-state index is 0.0699. The number of benzene rings is 2. The number of carbonyl (C=O) groups is 2. The fourth-order valence-corrected chi connectivity index (χ4v) is 6.09. The monoisotopic (exact) mass is 525 g/mol. The summed E-state index contributed by atoms with van der Waals surface area (Å²) in [4.78, 5) is 33.7. The molecule has 1 fully saturated rings. The smallest absolute Gasteiger partial charge is 0.268 e. The lowest BCUT2D eigenvalue weighted by molar-refractivity contribution is 0.0664. The number of halogens is 1. The van der Waals surface area contributed by atoms with Crippen LogP contribution in [0.15, 0.2) is 48.5 Å². The Labute approximate surface area is 219 Å². The molecule has 0 aliphatic carbocycles. The van der Waals surface area contributed by atoms with Gasteiger partial charge in [0.2, 0.25) is 0 Å². The predicted octanol–water partition coefficient (Wildman–Crippen LogP) is 4.03. The quantitative estimate of drug-likeness (QED) is 0.544. The number of likely N-dealkylation sites (N-methyl/N-ethyl adjacent to an activating group) is 1. The first-order valence-electron chi connectivity index (χ1n) is 12.0. The predicted molar refractivity (Wildman–Crippen MR) is 143 cm³/mol. The van der Waals surface area contributed by atoms with E-state index in [1.807, 2.05) is 42.3 Å². The van der Waals surface area contributed by atoms with Crippen LogP contribution in [0.4, 0.5) is 5.69 Å². The van der Waals surface area contributed by atoms with E-state index in [2.05, 4.69) is 4.90 Å². The van der Waals surface area contributed by atoms with Gasteiger partial charge in [0.15, 0.2) is 0 Å². The molecule has 1 saturated heterocycles. The molecular formula is C27H28ClN3O4S. The lowest BCUT2D eigenvalue weighted by Gasteiger charge is -2.32. The van der Waals surface area contributed by atoms with Crippen molar-refractivity contribution in [2.24, 2.45) is 0 Å². The molecule has 2 aromatic carbocycles. The van der Waals surface area contributed by atoms with Crippen LogP contribution in [0.2, 0.25) is 5.02 Å². The molecule has 2 aliphatic heterocycles. The van der Waals surface area contributed by atoms with Gasteiger partial charge in [-0.3, -0.25) is 9.59 Å². The maximum absolute atomic E-state index is 13.7. The molecular weight excluding hydrogens is 498 g/mol. The number of anilines is 1. The maximum atomic E-state index is 13.7. The van der Waals surface area contributed by atoms with Gasteiger partial charge in [-0.05, 0) is 49.0 Å². The first-order valence-corrected chi connectivity index (χ1v) is 13.2. The Morgan fingerprint density at radius 1 is 1.11 bits per heavy atom. The summed E-state index contributed by atoms with van der Waals surface area (Å²) in [6.07, 6.45) is 0.706. The van der Waals surface area contributed by atoms with Gasteiger partial charge >= 0.3 is 0 Å². The molecule has 2 amide bonds. The lowest BCUT2D eigenvalue weighted by atomic mass is 10.1. The molecule has 188 valence electrons. The first kappa shape index (κ1) is 24.8. The molecule has 2 aliphatic rings. The Kier molecular flexibility index (Phi) is 7.29. The van der Waals surface area contributed by atoms with Crippen molar-refractivity contribution in [3.05, 3.63) is 69.6 Å². The van der Waals surface area contributed by atoms with Gasteiger partial charge in [-0.2, -0.15) is 0 Å². The highest BCUT2D eigenvalue weighted by Crippen LogP contribution is 2.41. The zero-order chi connectivity index (χ0) is 25.2. The number of fused-ring (bicyclic) bond motifs is 3. The van der Waals surface area contributed by atoms with Crippen molar-refractivity contribution >= 4 is 40.4 Å². The molecule has 1 aromatic heterocycles. The van der Waals surface area contributed by atoms with Crippen LogP contribution in [0.3, 0.4) is 0 Å². The topological polar surface area (TPSA) is 73.3 Å². The number of aliphatic hydroxyl groups is 1. The molecule has 1 N–H and O–H groups in total. The van der Waals surface area contributed by atoms with Crippen molar-refractivity contribution in [1.29, 1.82) is 0 Å². The molecule has 36 heavy (non-hydrogen) atoms. The Balaban J connectivity index is 1.42. The van der Waals surface area contributed by atoms with Crippen molar-refractivity contribution in [3.8, 4) is 16.2 Å². The first-order chi connectivity index (χ1) is 17.5. The Bertz CT molecular complexity index is 1290. The molecule has 3 aromatic rings. The van der Waals surface area contributed by atoms with Gasteiger partial charge in [-0.15, -0.1) is 11.3 Å². The van der Waals surface area contributed by atoms with Gasteiger partial charge < -0.3 is 24.5 Å². The fourth-order valence-electron chi connectivity index (χ4n) is 4.61. The molecule has 0 unspecified atom stereocenters. The van der Waals surface area contributed by atoms with Crippen LogP contribution in [0, 0.1) is 0 Å². The highest BCUT2D eigenvalue weighted by atomic mass is 35.5. The van der Waals surface area contributed by atoms with E-state index in [1.54, 1.807) is 18.2 Å². The molecule has 3 heterocycles. The normalized spacial score (nSPS) is 15.5. The largest absolute Gasteiger partial charge is 0.493 e. The third-order valence-electron chi connectivity index (χ3n) is 6.63. The summed E-state index contributed by atoms with van der Waals surface area (Å²) in [5, 5.41) is 10.0. The molecule has 0 atom stereocenters. The number of thiophene rings is 1. The van der Waals surface area contributed by atoms with Gasteiger partial charge in [0.1, 0.15) is 5.75 Å². The summed E-state index contributed by atoms with van der Waals surface area (Å²) < 4.78 is 5.87. The molecule has 0 spiro atoms. The van der Waals surface area contributed by atoms with Crippen LogP contribution in [-0.2, 0) is 6.42 Å². The van der Waals surface area contributed by atoms with Crippen LogP contribution in [-0.4, -0.2) is 79.7 Å². The van der Waals surface area contributed by atoms with Crippen molar-refractivity contribution in [2.45, 2.75) is 6.42 Å². The van der Waals surface area contributed by atoms with Crippen molar-refractivity contribution in [2.75, 3.05) is 57.9 Å². The minimum Gasteiger partial charge on any atom is -0.493 e. The molecule has 9 heteroatoms. The summed E-state index contributed by atoms with van der Waals surface area (Å²) in [7, 11) is 2.04. The van der Waals surface area contributed by atoms with E-state index in [0.29, 0.717) is 47.3 Å². The van der Waals surface area contributed by atoms with Crippen LogP contribution < -0.4 is 9.64 Å². The second-order valence-corrected chi connectivity index (χ2v) is 10.5. The Morgan fingerprint density at radius 3 is 2.64 bits per heavy atom. The Morgan fingerprint density at radius 2 is 1.89 bits per heavy atom. The average molecular weight is 526 g/mol. The second-order valence-electron chi connectivity index (χ2n) is 9.00. The number of hydrogen-bond acceptors (Lipinski definition) is 6. The summed E-state index contributed by atoms with van der Waals surface area (Å²) in [6.45, 7) is 3.42. The Hall–Kier alpha value is -2.91. The van der Waals surface area contributed by atoms with Gasteiger partial charge in [0.25, 0.3) is 11.8 Å². The van der Waals surface area contributed by atoms with E-state index >= 15 is 0 Å². The number of rotatable bonds is 5. The van der Waals surface area contributed by atoms with Crippen LogP contribution in [0.25, 0.3) is 10.4 Å². The van der Waals surface area contributed by atoms with Crippen molar-refractivity contribution < 1.29 is 19.4 Å². The number of hydrogen-bond donors (Lipinski definition) is 1. The summed E-state index contributed by atoms with van der Waals surface area (Å²) >= 11 is 8.04. The molecule has 0 saturated carbocycles. The van der Waals surface area contributed by atoms with Gasteiger partial charge in [-0.25, -0.2) is 0 Å². The van der Waals surface area contributed by atoms with E-state index in [9.17, 15) is 14.7 Å². The zero-order valence-corrected chi connectivity index (χ0v) is 21.6. The van der Waals surface area contributed by atoms with E-state index in [1.165, 1.54) is 16.2 Å². The van der Waals surface area contributed by atoms with Crippen molar-refractivity contribution in [1.82, 2.24) is 9.80 Å².